The van der Waals surface area contributed by atoms with Crippen LogP contribution in [0.5, 0.6) is 0 Å². The maximum absolute atomic E-state index is 12.9. The van der Waals surface area contributed by atoms with Crippen LogP contribution < -0.4 is 5.32 Å². The van der Waals surface area contributed by atoms with Crippen molar-refractivity contribution in [1.29, 1.82) is 0 Å². The van der Waals surface area contributed by atoms with E-state index in [0.717, 1.165) is 31.4 Å². The number of benzene rings is 1. The third kappa shape index (κ3) is 3.49. The van der Waals surface area contributed by atoms with Crippen molar-refractivity contribution in [1.82, 2.24) is 0 Å². The molecule has 0 saturated heterocycles. The Labute approximate surface area is 108 Å². The summed E-state index contributed by atoms with van der Waals surface area (Å²) in [5.74, 6) is -3.11. The first kappa shape index (κ1) is 13.5. The van der Waals surface area contributed by atoms with Gasteiger partial charge in [-0.1, -0.05) is 6.42 Å². The summed E-state index contributed by atoms with van der Waals surface area (Å²) in [6.07, 6.45) is 2.59. The predicted molar refractivity (Wildman–Crippen MR) is 63.3 cm³/mol. The van der Waals surface area contributed by atoms with E-state index < -0.39 is 24.1 Å². The van der Waals surface area contributed by atoms with Gasteiger partial charge in [0.2, 0.25) is 0 Å². The molecule has 1 amide bonds. The molecule has 0 unspecified atom stereocenters. The van der Waals surface area contributed by atoms with Gasteiger partial charge in [0, 0.05) is 11.8 Å². The van der Waals surface area contributed by atoms with Gasteiger partial charge in [-0.3, -0.25) is 9.59 Å². The van der Waals surface area contributed by atoms with Gasteiger partial charge in [0.25, 0.3) is 5.91 Å². The van der Waals surface area contributed by atoms with Gasteiger partial charge in [-0.15, -0.1) is 0 Å². The molecule has 1 fully saturated rings. The van der Waals surface area contributed by atoms with Crippen LogP contribution in [-0.2, 0) is 14.3 Å². The second-order valence-corrected chi connectivity index (χ2v) is 4.41. The number of ether oxygens (including phenoxy) is 1. The van der Waals surface area contributed by atoms with Crippen molar-refractivity contribution >= 4 is 17.6 Å². The highest BCUT2D eigenvalue weighted by molar-refractivity contribution is 5.92. The Bertz CT molecular complexity index is 501. The van der Waals surface area contributed by atoms with E-state index >= 15 is 0 Å². The lowest BCUT2D eigenvalue weighted by Crippen LogP contribution is -2.28. The van der Waals surface area contributed by atoms with E-state index in [1.165, 1.54) is 6.07 Å². The van der Waals surface area contributed by atoms with Gasteiger partial charge in [-0.05, 0) is 25.0 Å². The predicted octanol–water partition coefficient (Wildman–Crippen LogP) is 2.25. The van der Waals surface area contributed by atoms with Crippen LogP contribution in [-0.4, -0.2) is 18.5 Å². The van der Waals surface area contributed by atoms with Crippen molar-refractivity contribution in [3.63, 3.8) is 0 Å². The zero-order valence-corrected chi connectivity index (χ0v) is 10.1. The highest BCUT2D eigenvalue weighted by Gasteiger charge is 2.27. The third-order valence-electron chi connectivity index (χ3n) is 2.99. The van der Waals surface area contributed by atoms with Crippen molar-refractivity contribution in [3.8, 4) is 0 Å². The fourth-order valence-corrected chi connectivity index (χ4v) is 1.67. The van der Waals surface area contributed by atoms with Crippen LogP contribution in [0.1, 0.15) is 19.3 Å². The molecule has 1 aliphatic carbocycles. The molecule has 1 N–H and O–H groups in total. The van der Waals surface area contributed by atoms with E-state index in [-0.39, 0.29) is 17.6 Å². The largest absolute Gasteiger partial charge is 0.455 e. The lowest BCUT2D eigenvalue weighted by molar-refractivity contribution is -0.154. The van der Waals surface area contributed by atoms with Gasteiger partial charge in [-0.25, -0.2) is 8.78 Å². The van der Waals surface area contributed by atoms with Gasteiger partial charge in [0.1, 0.15) is 0 Å². The molecule has 0 radical (unpaired) electrons. The molecule has 1 aromatic carbocycles. The Morgan fingerprint density at radius 1 is 1.26 bits per heavy atom. The molecule has 19 heavy (non-hydrogen) atoms. The highest BCUT2D eigenvalue weighted by atomic mass is 19.2. The summed E-state index contributed by atoms with van der Waals surface area (Å²) in [6, 6.07) is 3.00. The van der Waals surface area contributed by atoms with Gasteiger partial charge in [-0.2, -0.15) is 0 Å². The van der Waals surface area contributed by atoms with Gasteiger partial charge < -0.3 is 10.1 Å². The Morgan fingerprint density at radius 3 is 2.58 bits per heavy atom. The molecule has 102 valence electrons. The summed E-state index contributed by atoms with van der Waals surface area (Å²) in [5.41, 5.74) is 0.114. The summed E-state index contributed by atoms with van der Waals surface area (Å²) in [7, 11) is 0. The Balaban J connectivity index is 1.80. The summed E-state index contributed by atoms with van der Waals surface area (Å²) in [4.78, 5) is 22.8. The average molecular weight is 269 g/mol. The fraction of sp³-hybridized carbons (Fsp3) is 0.385. The molecular weight excluding hydrogens is 256 g/mol. The topological polar surface area (TPSA) is 55.4 Å². The number of carbonyl (C=O) groups excluding carboxylic acids is 2. The van der Waals surface area contributed by atoms with Gasteiger partial charge in [0.15, 0.2) is 18.2 Å². The van der Waals surface area contributed by atoms with E-state index in [9.17, 15) is 18.4 Å². The first-order valence-corrected chi connectivity index (χ1v) is 5.98. The maximum Gasteiger partial charge on any atom is 0.309 e. The smallest absolute Gasteiger partial charge is 0.309 e. The number of amides is 1. The van der Waals surface area contributed by atoms with E-state index in [0.29, 0.717) is 0 Å². The van der Waals surface area contributed by atoms with Crippen molar-refractivity contribution in [2.45, 2.75) is 19.3 Å². The molecule has 0 bridgehead atoms. The second kappa shape index (κ2) is 5.77. The molecule has 0 atom stereocenters. The number of hydrogen-bond acceptors (Lipinski definition) is 3. The van der Waals surface area contributed by atoms with Crippen LogP contribution in [0.3, 0.4) is 0 Å². The molecule has 6 heteroatoms. The molecule has 0 spiro atoms. The molecule has 2 rings (SSSR count). The molecule has 1 saturated carbocycles. The minimum atomic E-state index is -1.05. The first-order valence-electron chi connectivity index (χ1n) is 5.98. The van der Waals surface area contributed by atoms with Crippen LogP contribution in [0.15, 0.2) is 18.2 Å². The number of halogens is 2. The van der Waals surface area contributed by atoms with Crippen molar-refractivity contribution in [2.75, 3.05) is 11.9 Å². The van der Waals surface area contributed by atoms with Crippen LogP contribution >= 0.6 is 0 Å². The molecule has 4 nitrogen and oxygen atoms in total. The van der Waals surface area contributed by atoms with Gasteiger partial charge >= 0.3 is 5.97 Å². The van der Waals surface area contributed by atoms with Gasteiger partial charge in [0.05, 0.1) is 5.92 Å². The number of rotatable bonds is 4. The van der Waals surface area contributed by atoms with Crippen molar-refractivity contribution in [2.24, 2.45) is 5.92 Å². The number of anilines is 1. The van der Waals surface area contributed by atoms with Crippen LogP contribution in [0, 0.1) is 17.6 Å². The van der Waals surface area contributed by atoms with Crippen molar-refractivity contribution < 1.29 is 23.1 Å². The zero-order chi connectivity index (χ0) is 13.8. The highest BCUT2D eigenvalue weighted by Crippen LogP contribution is 2.27. The maximum atomic E-state index is 12.9. The fourth-order valence-electron chi connectivity index (χ4n) is 1.67. The molecule has 1 aliphatic rings. The standard InChI is InChI=1S/C13H13F2NO3/c14-10-5-4-9(6-11(10)15)16-12(17)7-19-13(18)8-2-1-3-8/h4-6,8H,1-3,7H2,(H,16,17). The van der Waals surface area contributed by atoms with E-state index in [2.05, 4.69) is 5.32 Å². The summed E-state index contributed by atoms with van der Waals surface area (Å²) in [5, 5.41) is 2.32. The SMILES string of the molecule is O=C(COC(=O)C1CCC1)Nc1ccc(F)c(F)c1. The van der Waals surface area contributed by atoms with Crippen LogP contribution in [0.2, 0.25) is 0 Å². The molecular formula is C13H13F2NO3. The van der Waals surface area contributed by atoms with E-state index in [1.54, 1.807) is 0 Å². The Kier molecular flexibility index (Phi) is 4.09. The average Bonchev–Trinajstić information content (AvgIpc) is 2.29. The lowest BCUT2D eigenvalue weighted by atomic mass is 9.86. The van der Waals surface area contributed by atoms with Crippen LogP contribution in [0.25, 0.3) is 0 Å². The number of esters is 1. The van der Waals surface area contributed by atoms with Crippen molar-refractivity contribution in [3.05, 3.63) is 29.8 Å². The van der Waals surface area contributed by atoms with E-state index in [4.69, 9.17) is 4.74 Å². The molecule has 0 aliphatic heterocycles. The lowest BCUT2D eigenvalue weighted by Gasteiger charge is -2.22. The number of hydrogen-bond donors (Lipinski definition) is 1. The molecule has 0 heterocycles. The minimum Gasteiger partial charge on any atom is -0.455 e. The van der Waals surface area contributed by atoms with Crippen LogP contribution in [0.4, 0.5) is 14.5 Å². The quantitative estimate of drug-likeness (QED) is 0.853. The van der Waals surface area contributed by atoms with E-state index in [1.807, 2.05) is 0 Å². The summed E-state index contributed by atoms with van der Waals surface area (Å²) in [6.45, 7) is -0.422. The molecule has 1 aromatic rings. The Hall–Kier alpha value is -1.98. The zero-order valence-electron chi connectivity index (χ0n) is 10.1. The monoisotopic (exact) mass is 269 g/mol. The minimum absolute atomic E-state index is 0.101. The summed E-state index contributed by atoms with van der Waals surface area (Å²) < 4.78 is 30.4. The number of carbonyl (C=O) groups is 2. The molecule has 0 aromatic heterocycles. The number of nitrogens with one attached hydrogen (secondary N) is 1. The normalized spacial score (nSPS) is 14.6. The second-order valence-electron chi connectivity index (χ2n) is 4.41. The summed E-state index contributed by atoms with van der Waals surface area (Å²) >= 11 is 0. The first-order chi connectivity index (χ1) is 9.06. The Morgan fingerprint density at radius 2 is 2.00 bits per heavy atom. The third-order valence-corrected chi connectivity index (χ3v) is 2.99.